The zero-order valence-electron chi connectivity index (χ0n) is 39.1. The quantitative estimate of drug-likeness (QED) is 0.127. The molecule has 0 unspecified atom stereocenters. The summed E-state index contributed by atoms with van der Waals surface area (Å²) in [7, 11) is -2.87. The second-order valence-electron chi connectivity index (χ2n) is 19.8. The highest BCUT2D eigenvalue weighted by molar-refractivity contribution is 7.20. The fourth-order valence-corrected chi connectivity index (χ4v) is 18.5. The molecule has 1 spiro atoms. The first kappa shape index (κ1) is 39.9. The Hall–Kier alpha value is -8.90. The van der Waals surface area contributed by atoms with Gasteiger partial charge in [0.05, 0.1) is 22.1 Å². The molecule has 0 atom stereocenters. The Labute approximate surface area is 419 Å². The molecule has 0 saturated heterocycles. The first-order valence-electron chi connectivity index (χ1n) is 25.0. The number of rotatable bonds is 5. The van der Waals surface area contributed by atoms with Gasteiger partial charge in [0.15, 0.2) is 8.07 Å². The van der Waals surface area contributed by atoms with Crippen LogP contribution in [-0.4, -0.2) is 19.4 Å². The van der Waals surface area contributed by atoms with Gasteiger partial charge in [-0.15, -0.1) is 0 Å². The van der Waals surface area contributed by atoms with E-state index in [1.165, 1.54) is 76.0 Å². The average Bonchev–Trinajstić information content (AvgIpc) is 4.06. The Morgan fingerprint density at radius 3 is 1.49 bits per heavy atom. The molecule has 2 aliphatic carbocycles. The lowest BCUT2D eigenvalue weighted by Gasteiger charge is -2.37. The van der Waals surface area contributed by atoms with E-state index >= 15 is 0 Å². The maximum Gasteiger partial charge on any atom is 0.260 e. The highest BCUT2D eigenvalue weighted by Gasteiger charge is 2.53. The minimum atomic E-state index is -2.87. The van der Waals surface area contributed by atoms with Crippen molar-refractivity contribution < 1.29 is 9.47 Å². The topological polar surface area (TPSA) is 23.4 Å². The number of hydrogen-bond donors (Lipinski definition) is 0. The van der Waals surface area contributed by atoms with Crippen LogP contribution in [0.1, 0.15) is 22.3 Å². The van der Waals surface area contributed by atoms with Gasteiger partial charge < -0.3 is 14.0 Å². The molecule has 1 aromatic heterocycles. The number of nitrogens with zero attached hydrogens (tertiary/aromatic N) is 1. The predicted octanol–water partition coefficient (Wildman–Crippen LogP) is 11.2. The number of benzene rings is 11. The zero-order valence-corrected chi connectivity index (χ0v) is 40.1. The Morgan fingerprint density at radius 2 is 0.861 bits per heavy atom. The lowest BCUT2D eigenvalue weighted by atomic mass is 9.35. The van der Waals surface area contributed by atoms with Crippen molar-refractivity contribution in [1.82, 2.24) is 4.57 Å². The lowest BCUT2D eigenvalue weighted by molar-refractivity contribution is 0.464. The Bertz CT molecular complexity index is 4080. The molecule has 5 heteroatoms. The van der Waals surface area contributed by atoms with E-state index < -0.39 is 13.5 Å². The van der Waals surface area contributed by atoms with E-state index in [1.54, 1.807) is 0 Å². The molecule has 0 radical (unpaired) electrons. The molecule has 0 amide bonds. The summed E-state index contributed by atoms with van der Waals surface area (Å²) >= 11 is 0. The second-order valence-corrected chi connectivity index (χ2v) is 23.6. The highest BCUT2D eigenvalue weighted by atomic mass is 28.3. The van der Waals surface area contributed by atoms with Crippen LogP contribution in [0.2, 0.25) is 0 Å². The molecule has 72 heavy (non-hydrogen) atoms. The van der Waals surface area contributed by atoms with Crippen molar-refractivity contribution in [3.8, 4) is 50.9 Å². The van der Waals surface area contributed by atoms with Gasteiger partial charge in [-0.3, -0.25) is 0 Å². The second kappa shape index (κ2) is 14.8. The number of ether oxygens (including phenoxy) is 2. The van der Waals surface area contributed by atoms with Gasteiger partial charge in [-0.05, 0) is 100 Å². The summed E-state index contributed by atoms with van der Waals surface area (Å²) in [5.41, 5.74) is 16.6. The SMILES string of the molecule is c1ccc([Si](c2ccccc2)(c2ccccc2)c2ccc3c(c2)Oc2cc(-n4c5ccccc5c5c6c(ccc54)-c4ccccc4C64c5ccccc5-c5ccccc54)cc4c2B3c2ccccc2O4)cc1. The van der Waals surface area contributed by atoms with Gasteiger partial charge in [0.25, 0.3) is 6.71 Å². The van der Waals surface area contributed by atoms with Crippen molar-refractivity contribution in [2.45, 2.75) is 5.41 Å². The summed E-state index contributed by atoms with van der Waals surface area (Å²) in [5, 5.41) is 7.73. The number of hydrogen-bond acceptors (Lipinski definition) is 2. The largest absolute Gasteiger partial charge is 0.458 e. The lowest BCUT2D eigenvalue weighted by Crippen LogP contribution is -2.75. The number of para-hydroxylation sites is 2. The van der Waals surface area contributed by atoms with Crippen LogP contribution in [-0.2, 0) is 5.41 Å². The third kappa shape index (κ3) is 5.10. The maximum atomic E-state index is 7.45. The van der Waals surface area contributed by atoms with Gasteiger partial charge in [0.1, 0.15) is 23.0 Å². The normalized spacial score (nSPS) is 13.9. The summed E-state index contributed by atoms with van der Waals surface area (Å²) in [4.78, 5) is 0. The molecule has 11 aromatic carbocycles. The monoisotopic (exact) mass is 931 g/mol. The molecule has 16 rings (SSSR count). The molecule has 0 N–H and O–H groups in total. The standard InChI is InChI=1S/C67H42BNO2Si/c1-4-20-44(21-5-1)72(45-22-6-2-7-23-45,46-24-8-3-9-25-46)47-36-38-57-61(42-47)71-63-41-43(40-62-66(63)68(57)56-33-17-19-35-60(56)70-62)69-58-34-18-13-29-52(58)64-59(69)39-37-51-50-28-12-16-32-55(50)67(65(51)64)53-30-14-10-26-48(53)49-27-11-15-31-54(49)67/h1-42H. The van der Waals surface area contributed by atoms with Gasteiger partial charge in [0, 0.05) is 28.4 Å². The van der Waals surface area contributed by atoms with Crippen LogP contribution in [0.3, 0.4) is 0 Å². The minimum absolute atomic E-state index is 0.0877. The zero-order chi connectivity index (χ0) is 47.1. The fourth-order valence-electron chi connectivity index (χ4n) is 13.8. The van der Waals surface area contributed by atoms with Crippen molar-refractivity contribution in [3.05, 3.63) is 277 Å². The van der Waals surface area contributed by atoms with Crippen LogP contribution in [0.4, 0.5) is 0 Å². The van der Waals surface area contributed by atoms with Crippen molar-refractivity contribution in [2.24, 2.45) is 0 Å². The van der Waals surface area contributed by atoms with Crippen LogP contribution < -0.4 is 46.6 Å². The van der Waals surface area contributed by atoms with Gasteiger partial charge >= 0.3 is 0 Å². The third-order valence-electron chi connectivity index (χ3n) is 16.5. The first-order chi connectivity index (χ1) is 35.7. The van der Waals surface area contributed by atoms with Crippen molar-refractivity contribution in [3.63, 3.8) is 0 Å². The Balaban J connectivity index is 0.949. The van der Waals surface area contributed by atoms with Crippen LogP contribution >= 0.6 is 0 Å². The molecule has 12 aromatic rings. The summed E-state index contributed by atoms with van der Waals surface area (Å²) in [6.45, 7) is -0.0877. The molecular weight excluding hydrogens is 890 g/mol. The molecule has 0 saturated carbocycles. The van der Waals surface area contributed by atoms with E-state index in [2.05, 4.69) is 259 Å². The molecule has 4 aliphatic rings. The van der Waals surface area contributed by atoms with Crippen LogP contribution in [0.15, 0.2) is 255 Å². The molecule has 0 bridgehead atoms. The smallest absolute Gasteiger partial charge is 0.260 e. The predicted molar refractivity (Wildman–Crippen MR) is 298 cm³/mol. The minimum Gasteiger partial charge on any atom is -0.458 e. The van der Waals surface area contributed by atoms with Crippen LogP contribution in [0.5, 0.6) is 23.0 Å². The Kier molecular flexibility index (Phi) is 8.21. The van der Waals surface area contributed by atoms with E-state index in [-0.39, 0.29) is 6.71 Å². The van der Waals surface area contributed by atoms with E-state index in [0.717, 1.165) is 56.1 Å². The molecular formula is C67H42BNO2Si. The first-order valence-corrected chi connectivity index (χ1v) is 27.0. The van der Waals surface area contributed by atoms with Crippen molar-refractivity contribution >= 4 is 73.7 Å². The van der Waals surface area contributed by atoms with E-state index in [0.29, 0.717) is 0 Å². The fraction of sp³-hybridized carbons (Fsp3) is 0.0149. The maximum absolute atomic E-state index is 7.45. The van der Waals surface area contributed by atoms with E-state index in [1.807, 2.05) is 0 Å². The Morgan fingerprint density at radius 1 is 0.361 bits per heavy atom. The van der Waals surface area contributed by atoms with Crippen molar-refractivity contribution in [2.75, 3.05) is 0 Å². The van der Waals surface area contributed by atoms with Gasteiger partial charge in [0.2, 0.25) is 0 Å². The molecule has 0 fully saturated rings. The molecule has 334 valence electrons. The highest BCUT2D eigenvalue weighted by Crippen LogP contribution is 2.64. The van der Waals surface area contributed by atoms with Crippen molar-refractivity contribution in [1.29, 1.82) is 0 Å². The average molecular weight is 932 g/mol. The molecule has 2 aliphatic heterocycles. The van der Waals surface area contributed by atoms with Gasteiger partial charge in [-0.25, -0.2) is 0 Å². The van der Waals surface area contributed by atoms with Crippen LogP contribution in [0, 0.1) is 0 Å². The van der Waals surface area contributed by atoms with Crippen LogP contribution in [0.25, 0.3) is 49.7 Å². The molecule has 3 heterocycles. The molecule has 3 nitrogen and oxygen atoms in total. The third-order valence-corrected chi connectivity index (χ3v) is 21.2. The van der Waals surface area contributed by atoms with E-state index in [9.17, 15) is 0 Å². The summed E-state index contributed by atoms with van der Waals surface area (Å²) in [6.07, 6.45) is 0. The van der Waals surface area contributed by atoms with E-state index in [4.69, 9.17) is 9.47 Å². The number of aromatic nitrogens is 1. The number of fused-ring (bicyclic) bond motifs is 18. The summed E-state index contributed by atoms with van der Waals surface area (Å²) < 4.78 is 16.9. The summed E-state index contributed by atoms with van der Waals surface area (Å²) in [5.74, 6) is 3.38. The van der Waals surface area contributed by atoms with Gasteiger partial charge in [-0.1, -0.05) is 218 Å². The summed E-state index contributed by atoms with van der Waals surface area (Å²) in [6, 6.07) is 94.5. The van der Waals surface area contributed by atoms with Gasteiger partial charge in [-0.2, -0.15) is 0 Å².